The smallest absolute Gasteiger partial charge is 0.410 e. The molecule has 13 heteroatoms. The molecule has 2 aliphatic rings. The molecule has 50 heavy (non-hydrogen) atoms. The van der Waals surface area contributed by atoms with Crippen LogP contribution < -0.4 is 16.1 Å². The number of carbonyl (C=O) groups excluding carboxylic acids is 5. The van der Waals surface area contributed by atoms with Crippen LogP contribution in [-0.4, -0.2) is 88.6 Å². The van der Waals surface area contributed by atoms with E-state index in [1.807, 2.05) is 52.0 Å². The van der Waals surface area contributed by atoms with Gasteiger partial charge in [-0.05, 0) is 89.8 Å². The monoisotopic (exact) mass is 692 g/mol. The average molecular weight is 693 g/mol. The van der Waals surface area contributed by atoms with Crippen molar-refractivity contribution in [2.75, 3.05) is 19.6 Å². The number of nitrogens with zero attached hydrogens (tertiary/aromatic N) is 3. The Kier molecular flexibility index (Phi) is 13.0. The fourth-order valence-electron chi connectivity index (χ4n) is 6.04. The van der Waals surface area contributed by atoms with Crippen molar-refractivity contribution in [2.24, 2.45) is 11.8 Å². The number of likely N-dealkylation sites (tertiary alicyclic amines) is 1. The SMILES string of the molecule is CC(NC(=O)C(OC=O)C(C)C)C(=O)N1CCCC(C(=O)N[C@H](C)c2ccc3ccc(/C=C/C4CCN(C(=O)OC(C)(C)C)CC4)cc3n2)N1. The minimum Gasteiger partial charge on any atom is -0.454 e. The lowest BCUT2D eigenvalue weighted by atomic mass is 9.95. The van der Waals surface area contributed by atoms with E-state index in [1.54, 1.807) is 25.7 Å². The number of hydrazine groups is 1. The van der Waals surface area contributed by atoms with Crippen LogP contribution in [0.1, 0.15) is 91.4 Å². The fourth-order valence-corrected chi connectivity index (χ4v) is 6.04. The van der Waals surface area contributed by atoms with Crippen LogP contribution in [0.2, 0.25) is 0 Å². The molecular weight excluding hydrogens is 640 g/mol. The van der Waals surface area contributed by atoms with E-state index in [9.17, 15) is 24.0 Å². The lowest BCUT2D eigenvalue weighted by molar-refractivity contribution is -0.150. The number of nitrogens with one attached hydrogen (secondary N) is 3. The van der Waals surface area contributed by atoms with E-state index in [4.69, 9.17) is 14.5 Å². The van der Waals surface area contributed by atoms with E-state index < -0.39 is 41.6 Å². The largest absolute Gasteiger partial charge is 0.454 e. The Morgan fingerprint density at radius 2 is 1.68 bits per heavy atom. The summed E-state index contributed by atoms with van der Waals surface area (Å²) in [7, 11) is 0. The molecule has 3 unspecified atom stereocenters. The van der Waals surface area contributed by atoms with Gasteiger partial charge in [0.1, 0.15) is 17.7 Å². The van der Waals surface area contributed by atoms with Gasteiger partial charge in [-0.15, -0.1) is 0 Å². The number of piperidine rings is 1. The van der Waals surface area contributed by atoms with Crippen molar-refractivity contribution >= 4 is 47.3 Å². The van der Waals surface area contributed by atoms with Gasteiger partial charge < -0.3 is 25.0 Å². The summed E-state index contributed by atoms with van der Waals surface area (Å²) in [6.07, 6.45) is 5.91. The predicted octanol–water partition coefficient (Wildman–Crippen LogP) is 4.27. The third kappa shape index (κ3) is 10.5. The summed E-state index contributed by atoms with van der Waals surface area (Å²) in [5.74, 6) is -1.13. The summed E-state index contributed by atoms with van der Waals surface area (Å²) < 4.78 is 10.4. The van der Waals surface area contributed by atoms with Crippen LogP contribution in [0.3, 0.4) is 0 Å². The maximum atomic E-state index is 13.3. The van der Waals surface area contributed by atoms with E-state index >= 15 is 0 Å². The Labute approximate surface area is 294 Å². The van der Waals surface area contributed by atoms with E-state index in [0.717, 1.165) is 29.3 Å². The molecule has 4 atom stereocenters. The number of allylic oxidation sites excluding steroid dienone is 1. The summed E-state index contributed by atoms with van der Waals surface area (Å²) in [4.78, 5) is 68.9. The normalized spacial score (nSPS) is 19.2. The number of rotatable bonds is 11. The van der Waals surface area contributed by atoms with E-state index in [-0.39, 0.29) is 24.4 Å². The molecule has 2 aromatic rings. The highest BCUT2D eigenvalue weighted by molar-refractivity contribution is 5.90. The maximum absolute atomic E-state index is 13.3. The number of pyridine rings is 1. The van der Waals surface area contributed by atoms with Crippen molar-refractivity contribution in [1.29, 1.82) is 0 Å². The lowest BCUT2D eigenvalue weighted by Gasteiger charge is -2.35. The average Bonchev–Trinajstić information content (AvgIpc) is 3.08. The molecule has 0 bridgehead atoms. The van der Waals surface area contributed by atoms with Crippen LogP contribution in [0.5, 0.6) is 0 Å². The first-order valence-corrected chi connectivity index (χ1v) is 17.5. The zero-order valence-corrected chi connectivity index (χ0v) is 30.2. The third-order valence-corrected chi connectivity index (χ3v) is 8.86. The number of hydrogen-bond donors (Lipinski definition) is 3. The molecule has 1 aromatic heterocycles. The molecule has 1 aromatic carbocycles. The van der Waals surface area contributed by atoms with Gasteiger partial charge in [-0.1, -0.05) is 44.2 Å². The van der Waals surface area contributed by atoms with Crippen molar-refractivity contribution in [3.8, 4) is 0 Å². The molecule has 0 saturated carbocycles. The third-order valence-electron chi connectivity index (χ3n) is 8.86. The molecule has 4 amide bonds. The van der Waals surface area contributed by atoms with Gasteiger partial charge in [-0.2, -0.15) is 0 Å². The van der Waals surface area contributed by atoms with Crippen LogP contribution in [0, 0.1) is 11.8 Å². The predicted molar refractivity (Wildman–Crippen MR) is 189 cm³/mol. The molecule has 0 aliphatic carbocycles. The molecule has 0 radical (unpaired) electrons. The van der Waals surface area contributed by atoms with Crippen LogP contribution >= 0.6 is 0 Å². The Morgan fingerprint density at radius 1 is 0.980 bits per heavy atom. The minimum atomic E-state index is -1.01. The molecule has 272 valence electrons. The molecule has 4 rings (SSSR count). The van der Waals surface area contributed by atoms with Crippen molar-refractivity contribution in [1.82, 2.24) is 31.0 Å². The number of benzene rings is 1. The maximum Gasteiger partial charge on any atom is 0.410 e. The van der Waals surface area contributed by atoms with Gasteiger partial charge in [-0.25, -0.2) is 10.2 Å². The van der Waals surface area contributed by atoms with Crippen molar-refractivity contribution in [3.05, 3.63) is 47.7 Å². The standard InChI is InChI=1S/C37H52N6O7/c1-23(2)32(49-22-44)34(46)39-25(4)35(47)43-18-8-9-30(41-43)33(45)38-24(3)29-15-14-28-13-12-27(21-31(28)40-29)11-10-26-16-19-42(20-17-26)36(48)50-37(5,6)7/h10-15,21-26,30,32,41H,8-9,16-20H2,1-7H3,(H,38,45)(H,39,46)/b11-10+/t24-,25?,30?,32?/m1/s1. The van der Waals surface area contributed by atoms with Crippen molar-refractivity contribution < 1.29 is 33.4 Å². The molecule has 0 spiro atoms. The van der Waals surface area contributed by atoms with Gasteiger partial charge in [0, 0.05) is 25.0 Å². The van der Waals surface area contributed by atoms with Gasteiger partial charge in [0.25, 0.3) is 18.3 Å². The van der Waals surface area contributed by atoms with E-state index in [0.29, 0.717) is 44.1 Å². The summed E-state index contributed by atoms with van der Waals surface area (Å²) in [5.41, 5.74) is 5.05. The first kappa shape index (κ1) is 38.3. The molecule has 2 saturated heterocycles. The second-order valence-corrected chi connectivity index (χ2v) is 14.5. The van der Waals surface area contributed by atoms with Crippen LogP contribution in [0.4, 0.5) is 4.79 Å². The molecule has 3 N–H and O–H groups in total. The number of amides is 4. The molecule has 2 fully saturated rings. The number of hydrogen-bond acceptors (Lipinski definition) is 9. The second kappa shape index (κ2) is 16.9. The zero-order valence-electron chi connectivity index (χ0n) is 30.2. The highest BCUT2D eigenvalue weighted by atomic mass is 16.6. The molecule has 3 heterocycles. The molecule has 2 aliphatic heterocycles. The zero-order chi connectivity index (χ0) is 36.6. The molecule has 13 nitrogen and oxygen atoms in total. The van der Waals surface area contributed by atoms with Gasteiger partial charge >= 0.3 is 6.09 Å². The van der Waals surface area contributed by atoms with Gasteiger partial charge in [0.05, 0.1) is 17.3 Å². The number of aromatic nitrogens is 1. The molecular formula is C37H52N6O7. The van der Waals surface area contributed by atoms with Crippen LogP contribution in [-0.2, 0) is 28.7 Å². The van der Waals surface area contributed by atoms with Gasteiger partial charge in [0.2, 0.25) is 5.91 Å². The van der Waals surface area contributed by atoms with Crippen LogP contribution in [0.15, 0.2) is 36.4 Å². The van der Waals surface area contributed by atoms with Gasteiger partial charge in [-0.3, -0.25) is 29.2 Å². The van der Waals surface area contributed by atoms with E-state index in [1.165, 1.54) is 5.01 Å². The number of carbonyl (C=O) groups is 5. The number of fused-ring (bicyclic) bond motifs is 1. The lowest BCUT2D eigenvalue weighted by Crippen LogP contribution is -2.61. The van der Waals surface area contributed by atoms with Crippen LogP contribution in [0.25, 0.3) is 17.0 Å². The first-order chi connectivity index (χ1) is 23.6. The van der Waals surface area contributed by atoms with Crippen molar-refractivity contribution in [3.63, 3.8) is 0 Å². The van der Waals surface area contributed by atoms with E-state index in [2.05, 4.69) is 34.3 Å². The summed E-state index contributed by atoms with van der Waals surface area (Å²) >= 11 is 0. The topological polar surface area (TPSA) is 159 Å². The summed E-state index contributed by atoms with van der Waals surface area (Å²) in [5, 5.41) is 7.98. The quantitative estimate of drug-likeness (QED) is 0.293. The highest BCUT2D eigenvalue weighted by Crippen LogP contribution is 2.24. The highest BCUT2D eigenvalue weighted by Gasteiger charge is 2.33. The summed E-state index contributed by atoms with van der Waals surface area (Å²) in [6.45, 7) is 14.4. The number of ether oxygens (including phenoxy) is 2. The Balaban J connectivity index is 1.31. The minimum absolute atomic E-state index is 0.221. The Bertz CT molecular complexity index is 1560. The summed E-state index contributed by atoms with van der Waals surface area (Å²) in [6, 6.07) is 8.06. The second-order valence-electron chi connectivity index (χ2n) is 14.5. The Hall–Kier alpha value is -4.52. The van der Waals surface area contributed by atoms with Crippen molar-refractivity contribution in [2.45, 2.75) is 104 Å². The Morgan fingerprint density at radius 3 is 2.34 bits per heavy atom. The fraction of sp³-hybridized carbons (Fsp3) is 0.568. The first-order valence-electron chi connectivity index (χ1n) is 17.5. The van der Waals surface area contributed by atoms with Gasteiger partial charge in [0.15, 0.2) is 6.10 Å².